The van der Waals surface area contributed by atoms with Gasteiger partial charge in [0.2, 0.25) is 11.8 Å². The van der Waals surface area contributed by atoms with Crippen LogP contribution in [0, 0.1) is 5.41 Å². The van der Waals surface area contributed by atoms with E-state index in [1.807, 2.05) is 0 Å². The molecule has 1 aliphatic rings. The Labute approximate surface area is 128 Å². The molecule has 6 nitrogen and oxygen atoms in total. The molecule has 0 saturated carbocycles. The minimum Gasteiger partial charge on any atom is -0.480 e. The molecule has 0 spiro atoms. The summed E-state index contributed by atoms with van der Waals surface area (Å²) >= 11 is 0. The van der Waals surface area contributed by atoms with E-state index in [0.717, 1.165) is 0 Å². The second-order valence-corrected chi connectivity index (χ2v) is 6.54. The average molecular weight is 304 g/mol. The third kappa shape index (κ3) is 3.27. The molecule has 1 aromatic carbocycles. The summed E-state index contributed by atoms with van der Waals surface area (Å²) in [6, 6.07) is 6.04. The van der Waals surface area contributed by atoms with E-state index in [0.29, 0.717) is 11.3 Å². The van der Waals surface area contributed by atoms with Crippen molar-refractivity contribution >= 4 is 23.5 Å². The van der Waals surface area contributed by atoms with Crippen LogP contribution in [0.3, 0.4) is 0 Å². The lowest BCUT2D eigenvalue weighted by Gasteiger charge is -2.31. The fourth-order valence-electron chi connectivity index (χ4n) is 2.54. The van der Waals surface area contributed by atoms with Crippen molar-refractivity contribution < 1.29 is 19.5 Å². The highest BCUT2D eigenvalue weighted by Gasteiger charge is 2.37. The Hall–Kier alpha value is -2.37. The van der Waals surface area contributed by atoms with Crippen LogP contribution >= 0.6 is 0 Å². The molecular weight excluding hydrogens is 284 g/mol. The summed E-state index contributed by atoms with van der Waals surface area (Å²) in [6.45, 7) is 5.23. The zero-order valence-electron chi connectivity index (χ0n) is 12.8. The van der Waals surface area contributed by atoms with Gasteiger partial charge in [0.25, 0.3) is 0 Å². The summed E-state index contributed by atoms with van der Waals surface area (Å²) < 4.78 is 0. The molecule has 0 saturated heterocycles. The normalized spacial score (nSPS) is 18.9. The van der Waals surface area contributed by atoms with Gasteiger partial charge in [-0.2, -0.15) is 0 Å². The number of carboxylic acids is 1. The van der Waals surface area contributed by atoms with Gasteiger partial charge >= 0.3 is 5.97 Å². The van der Waals surface area contributed by atoms with Crippen LogP contribution in [0.5, 0.6) is 0 Å². The van der Waals surface area contributed by atoms with Crippen molar-refractivity contribution in [2.45, 2.75) is 39.2 Å². The van der Waals surface area contributed by atoms with E-state index in [1.54, 1.807) is 45.0 Å². The van der Waals surface area contributed by atoms with Crippen LogP contribution < -0.4 is 10.6 Å². The Kier molecular flexibility index (Phi) is 4.21. The van der Waals surface area contributed by atoms with Crippen LogP contribution in [0.1, 0.15) is 38.7 Å². The summed E-state index contributed by atoms with van der Waals surface area (Å²) in [5, 5.41) is 14.6. The lowest BCUT2D eigenvalue weighted by molar-refractivity contribution is -0.145. The zero-order chi connectivity index (χ0) is 16.5. The number of carbonyl (C=O) groups is 3. The highest BCUT2D eigenvalue weighted by Crippen LogP contribution is 2.32. The number of benzene rings is 1. The Bertz CT molecular complexity index is 619. The molecule has 2 atom stereocenters. The Morgan fingerprint density at radius 3 is 2.55 bits per heavy atom. The largest absolute Gasteiger partial charge is 0.480 e. The lowest BCUT2D eigenvalue weighted by atomic mass is 9.85. The smallest absolute Gasteiger partial charge is 0.326 e. The van der Waals surface area contributed by atoms with Crippen molar-refractivity contribution in [3.05, 3.63) is 29.8 Å². The summed E-state index contributed by atoms with van der Waals surface area (Å²) in [6.07, 6.45) is 0.0132. The molecule has 1 heterocycles. The molecule has 3 N–H and O–H groups in total. The van der Waals surface area contributed by atoms with Crippen LogP contribution in [-0.2, 0) is 14.4 Å². The number of para-hydroxylation sites is 1. The van der Waals surface area contributed by atoms with E-state index < -0.39 is 29.3 Å². The van der Waals surface area contributed by atoms with E-state index in [4.69, 9.17) is 0 Å². The highest BCUT2D eigenvalue weighted by molar-refractivity contribution is 6.01. The maximum absolute atomic E-state index is 12.5. The monoisotopic (exact) mass is 304 g/mol. The first-order valence-corrected chi connectivity index (χ1v) is 7.12. The van der Waals surface area contributed by atoms with E-state index in [9.17, 15) is 19.5 Å². The molecule has 0 radical (unpaired) electrons. The molecule has 1 aliphatic heterocycles. The molecule has 0 unspecified atom stereocenters. The Morgan fingerprint density at radius 1 is 1.32 bits per heavy atom. The number of carbonyl (C=O) groups excluding carboxylic acids is 2. The predicted molar refractivity (Wildman–Crippen MR) is 81.5 cm³/mol. The van der Waals surface area contributed by atoms with Gasteiger partial charge in [-0.25, -0.2) is 4.79 Å². The minimum absolute atomic E-state index is 0.0132. The number of rotatable bonds is 3. The van der Waals surface area contributed by atoms with E-state index in [2.05, 4.69) is 10.6 Å². The van der Waals surface area contributed by atoms with Gasteiger partial charge in [0.15, 0.2) is 0 Å². The maximum Gasteiger partial charge on any atom is 0.326 e. The number of nitrogens with one attached hydrogen (secondary N) is 2. The molecule has 0 bridgehead atoms. The summed E-state index contributed by atoms with van der Waals surface area (Å²) in [5.41, 5.74) is 0.678. The van der Waals surface area contributed by atoms with Crippen LogP contribution in [-0.4, -0.2) is 28.9 Å². The van der Waals surface area contributed by atoms with Crippen molar-refractivity contribution in [3.8, 4) is 0 Å². The number of hydrogen-bond acceptors (Lipinski definition) is 3. The van der Waals surface area contributed by atoms with Crippen LogP contribution in [0.4, 0.5) is 5.69 Å². The van der Waals surface area contributed by atoms with Crippen molar-refractivity contribution in [2.24, 2.45) is 5.41 Å². The highest BCUT2D eigenvalue weighted by atomic mass is 16.4. The van der Waals surface area contributed by atoms with Gasteiger partial charge in [-0.15, -0.1) is 0 Å². The maximum atomic E-state index is 12.5. The number of anilines is 1. The van der Waals surface area contributed by atoms with Gasteiger partial charge in [0.1, 0.15) is 6.04 Å². The molecular formula is C16H20N2O4. The number of carboxylic acid groups (broad SMARTS) is 1. The molecule has 0 fully saturated rings. The van der Waals surface area contributed by atoms with Gasteiger partial charge < -0.3 is 15.7 Å². The fourth-order valence-corrected chi connectivity index (χ4v) is 2.54. The summed E-state index contributed by atoms with van der Waals surface area (Å²) in [5.74, 6) is -2.45. The number of amides is 2. The third-order valence-corrected chi connectivity index (χ3v) is 3.72. The predicted octanol–water partition coefficient (Wildman–Crippen LogP) is 1.73. The van der Waals surface area contributed by atoms with Crippen molar-refractivity contribution in [2.75, 3.05) is 5.32 Å². The first kappa shape index (κ1) is 16.0. The summed E-state index contributed by atoms with van der Waals surface area (Å²) in [7, 11) is 0. The number of aliphatic carboxylic acids is 1. The van der Waals surface area contributed by atoms with Crippen LogP contribution in [0.25, 0.3) is 0 Å². The van der Waals surface area contributed by atoms with Crippen molar-refractivity contribution in [1.82, 2.24) is 5.32 Å². The van der Waals surface area contributed by atoms with Gasteiger partial charge in [-0.1, -0.05) is 39.0 Å². The quantitative estimate of drug-likeness (QED) is 0.792. The third-order valence-electron chi connectivity index (χ3n) is 3.72. The first-order valence-electron chi connectivity index (χ1n) is 7.12. The van der Waals surface area contributed by atoms with Gasteiger partial charge in [0, 0.05) is 12.1 Å². The molecule has 22 heavy (non-hydrogen) atoms. The zero-order valence-corrected chi connectivity index (χ0v) is 12.8. The molecule has 1 aromatic rings. The van der Waals surface area contributed by atoms with Gasteiger partial charge in [0.05, 0.1) is 5.92 Å². The number of hydrogen-bond donors (Lipinski definition) is 3. The van der Waals surface area contributed by atoms with Crippen molar-refractivity contribution in [3.63, 3.8) is 0 Å². The molecule has 2 amide bonds. The molecule has 6 heteroatoms. The molecule has 2 rings (SSSR count). The first-order chi connectivity index (χ1) is 10.2. The van der Waals surface area contributed by atoms with Crippen LogP contribution in [0.15, 0.2) is 24.3 Å². The molecule has 118 valence electrons. The second-order valence-electron chi connectivity index (χ2n) is 6.54. The van der Waals surface area contributed by atoms with Crippen LogP contribution in [0.2, 0.25) is 0 Å². The van der Waals surface area contributed by atoms with E-state index in [1.165, 1.54) is 0 Å². The standard InChI is InChI=1S/C16H20N2O4/c1-16(2,3)13(15(21)22)18-14(20)10-8-12(19)17-11-7-5-4-6-9(10)11/h4-7,10,13H,8H2,1-3H3,(H,17,19)(H,18,20)(H,21,22)/t10-,13-/m0/s1. The average Bonchev–Trinajstić information content (AvgIpc) is 2.41. The van der Waals surface area contributed by atoms with Gasteiger partial charge in [-0.3, -0.25) is 9.59 Å². The number of fused-ring (bicyclic) bond motifs is 1. The minimum atomic E-state index is -1.09. The second kappa shape index (κ2) is 5.79. The van der Waals surface area contributed by atoms with Crippen molar-refractivity contribution in [1.29, 1.82) is 0 Å². The van der Waals surface area contributed by atoms with E-state index >= 15 is 0 Å². The van der Waals surface area contributed by atoms with Gasteiger partial charge in [-0.05, 0) is 17.0 Å². The SMILES string of the molecule is CC(C)(C)[C@@H](NC(=O)[C@H]1CC(=O)Nc2ccccc21)C(=O)O. The topological polar surface area (TPSA) is 95.5 Å². The Morgan fingerprint density at radius 2 is 1.95 bits per heavy atom. The lowest BCUT2D eigenvalue weighted by Crippen LogP contribution is -2.51. The van der Waals surface area contributed by atoms with E-state index in [-0.39, 0.29) is 12.3 Å². The Balaban J connectivity index is 2.26. The molecule has 0 aliphatic carbocycles. The molecule has 0 aromatic heterocycles. The fraction of sp³-hybridized carbons (Fsp3) is 0.438. The summed E-state index contributed by atoms with van der Waals surface area (Å²) in [4.78, 5) is 35.6.